The molecule has 0 saturated carbocycles. The number of nitrogens with zero attached hydrogens (tertiary/aromatic N) is 2. The fourth-order valence-corrected chi connectivity index (χ4v) is 1.28. The van der Waals surface area contributed by atoms with Gasteiger partial charge in [0.15, 0.2) is 0 Å². The Labute approximate surface area is 75.3 Å². The van der Waals surface area contributed by atoms with E-state index in [1.807, 2.05) is 6.07 Å². The number of hydrogen-bond acceptors (Lipinski definition) is 4. The molecule has 1 amide bonds. The molecule has 1 rings (SSSR count). The van der Waals surface area contributed by atoms with Gasteiger partial charge in [-0.1, -0.05) is 0 Å². The highest BCUT2D eigenvalue weighted by Gasteiger charge is 2.24. The summed E-state index contributed by atoms with van der Waals surface area (Å²) in [5.41, 5.74) is 0.973. The summed E-state index contributed by atoms with van der Waals surface area (Å²) in [5, 5.41) is 22.4. The van der Waals surface area contributed by atoms with Crippen LogP contribution < -0.4 is 5.32 Å². The zero-order valence-electron chi connectivity index (χ0n) is 7.11. The molecular formula is C8H9N3O2. The second-order valence-corrected chi connectivity index (χ2v) is 2.77. The first-order valence-corrected chi connectivity index (χ1v) is 3.77. The van der Waals surface area contributed by atoms with Crippen LogP contribution >= 0.6 is 0 Å². The molecule has 0 radical (unpaired) electrons. The fraction of sp³-hybridized carbons (Fsp3) is 0.375. The molecule has 0 bridgehead atoms. The summed E-state index contributed by atoms with van der Waals surface area (Å²) >= 11 is 0. The molecule has 0 aromatic heterocycles. The van der Waals surface area contributed by atoms with Crippen LogP contribution in [-0.4, -0.2) is 17.3 Å². The van der Waals surface area contributed by atoms with E-state index < -0.39 is 5.92 Å². The van der Waals surface area contributed by atoms with E-state index >= 15 is 0 Å². The molecule has 1 atom stereocenters. The van der Waals surface area contributed by atoms with Crippen LogP contribution in [0.15, 0.2) is 16.4 Å². The zero-order valence-corrected chi connectivity index (χ0v) is 7.11. The van der Waals surface area contributed by atoms with Gasteiger partial charge in [-0.15, -0.1) is 5.16 Å². The second-order valence-electron chi connectivity index (χ2n) is 2.77. The molecule has 68 valence electrons. The van der Waals surface area contributed by atoms with Crippen molar-refractivity contribution in [3.8, 4) is 6.07 Å². The summed E-state index contributed by atoms with van der Waals surface area (Å²) in [7, 11) is 0. The van der Waals surface area contributed by atoms with Crippen molar-refractivity contribution in [2.45, 2.75) is 13.3 Å². The monoisotopic (exact) mass is 179 g/mol. The number of carbonyl (C=O) groups is 1. The molecule has 0 fully saturated rings. The highest BCUT2D eigenvalue weighted by Crippen LogP contribution is 2.20. The number of carbonyl (C=O) groups excluding carboxylic acids is 1. The highest BCUT2D eigenvalue weighted by molar-refractivity contribution is 5.85. The van der Waals surface area contributed by atoms with Crippen LogP contribution in [0.1, 0.15) is 13.3 Å². The van der Waals surface area contributed by atoms with Crippen molar-refractivity contribution in [3.05, 3.63) is 11.3 Å². The third kappa shape index (κ3) is 1.85. The van der Waals surface area contributed by atoms with Crippen molar-refractivity contribution < 1.29 is 10.0 Å². The summed E-state index contributed by atoms with van der Waals surface area (Å²) in [6.45, 7) is 1.65. The Hall–Kier alpha value is -1.83. The van der Waals surface area contributed by atoms with Gasteiger partial charge in [0, 0.05) is 18.0 Å². The number of allylic oxidation sites excluding steroid dienone is 2. The second kappa shape index (κ2) is 3.72. The lowest BCUT2D eigenvalue weighted by atomic mass is 9.93. The van der Waals surface area contributed by atoms with E-state index in [0.717, 1.165) is 0 Å². The predicted octanol–water partition coefficient (Wildman–Crippen LogP) is 0.380. The first kappa shape index (κ1) is 9.26. The van der Waals surface area contributed by atoms with E-state index in [1.165, 1.54) is 6.21 Å². The van der Waals surface area contributed by atoms with Gasteiger partial charge in [0.1, 0.15) is 0 Å². The van der Waals surface area contributed by atoms with Gasteiger partial charge in [0.2, 0.25) is 5.91 Å². The smallest absolute Gasteiger partial charge is 0.225 e. The maximum atomic E-state index is 11.0. The van der Waals surface area contributed by atoms with Crippen LogP contribution in [-0.2, 0) is 4.79 Å². The van der Waals surface area contributed by atoms with Crippen LogP contribution in [0, 0.1) is 17.2 Å². The first-order valence-electron chi connectivity index (χ1n) is 3.77. The number of nitrogens with one attached hydrogen (secondary N) is 1. The van der Waals surface area contributed by atoms with Crippen molar-refractivity contribution >= 4 is 12.1 Å². The highest BCUT2D eigenvalue weighted by atomic mass is 16.4. The number of hydrogen-bond donors (Lipinski definition) is 2. The maximum Gasteiger partial charge on any atom is 0.225 e. The minimum atomic E-state index is -0.399. The summed E-state index contributed by atoms with van der Waals surface area (Å²) in [4.78, 5) is 11.0. The van der Waals surface area contributed by atoms with Gasteiger partial charge < -0.3 is 10.5 Å². The van der Waals surface area contributed by atoms with Gasteiger partial charge in [-0.2, -0.15) is 5.26 Å². The maximum absolute atomic E-state index is 11.0. The molecule has 0 aromatic rings. The lowest BCUT2D eigenvalue weighted by Gasteiger charge is -2.19. The summed E-state index contributed by atoms with van der Waals surface area (Å²) < 4.78 is 0. The number of nitriles is 1. The van der Waals surface area contributed by atoms with E-state index in [0.29, 0.717) is 11.3 Å². The van der Waals surface area contributed by atoms with Crippen molar-refractivity contribution in [1.29, 1.82) is 5.26 Å². The summed E-state index contributed by atoms with van der Waals surface area (Å²) in [6.07, 6.45) is 1.35. The standard InChI is InChI=1S/C8H9N3O2/c1-5-7(3-9)6(4-10-13)2-8(12)11-5/h4,6,13H,2H2,1H3,(H,11,12)/b10-4-. The number of amides is 1. The van der Waals surface area contributed by atoms with Crippen LogP contribution in [0.2, 0.25) is 0 Å². The van der Waals surface area contributed by atoms with Gasteiger partial charge in [-0.05, 0) is 6.92 Å². The van der Waals surface area contributed by atoms with E-state index in [-0.39, 0.29) is 12.3 Å². The zero-order chi connectivity index (χ0) is 9.84. The molecule has 5 nitrogen and oxygen atoms in total. The van der Waals surface area contributed by atoms with E-state index in [2.05, 4.69) is 10.5 Å². The molecule has 0 aliphatic carbocycles. The summed E-state index contributed by atoms with van der Waals surface area (Å²) in [6, 6.07) is 1.97. The van der Waals surface area contributed by atoms with Gasteiger partial charge in [-0.3, -0.25) is 4.79 Å². The Morgan fingerprint density at radius 2 is 2.54 bits per heavy atom. The van der Waals surface area contributed by atoms with Gasteiger partial charge >= 0.3 is 0 Å². The average molecular weight is 179 g/mol. The largest absolute Gasteiger partial charge is 0.411 e. The molecular weight excluding hydrogens is 170 g/mol. The third-order valence-corrected chi connectivity index (χ3v) is 1.87. The van der Waals surface area contributed by atoms with Crippen LogP contribution in [0.4, 0.5) is 0 Å². The normalized spacial score (nSPS) is 23.1. The minimum Gasteiger partial charge on any atom is -0.411 e. The van der Waals surface area contributed by atoms with Gasteiger partial charge in [-0.25, -0.2) is 0 Å². The quantitative estimate of drug-likeness (QED) is 0.346. The minimum absolute atomic E-state index is 0.157. The lowest BCUT2D eigenvalue weighted by Crippen LogP contribution is -2.32. The Morgan fingerprint density at radius 3 is 3.08 bits per heavy atom. The molecule has 2 N–H and O–H groups in total. The van der Waals surface area contributed by atoms with Crippen LogP contribution in [0.5, 0.6) is 0 Å². The molecule has 1 unspecified atom stereocenters. The molecule has 1 aliphatic rings. The first-order chi connectivity index (χ1) is 6.19. The molecule has 13 heavy (non-hydrogen) atoms. The molecule has 1 aliphatic heterocycles. The number of rotatable bonds is 1. The lowest BCUT2D eigenvalue weighted by molar-refractivity contribution is -0.121. The molecule has 5 heteroatoms. The van der Waals surface area contributed by atoms with Crippen LogP contribution in [0.25, 0.3) is 0 Å². The van der Waals surface area contributed by atoms with Crippen molar-refractivity contribution in [3.63, 3.8) is 0 Å². The predicted molar refractivity (Wildman–Crippen MR) is 44.8 cm³/mol. The average Bonchev–Trinajstić information content (AvgIpc) is 2.04. The van der Waals surface area contributed by atoms with Crippen molar-refractivity contribution in [2.24, 2.45) is 11.1 Å². The van der Waals surface area contributed by atoms with Crippen molar-refractivity contribution in [2.75, 3.05) is 0 Å². The van der Waals surface area contributed by atoms with Gasteiger partial charge in [0.05, 0.1) is 17.9 Å². The topological polar surface area (TPSA) is 85.5 Å². The fourth-order valence-electron chi connectivity index (χ4n) is 1.28. The molecule has 0 spiro atoms. The third-order valence-electron chi connectivity index (χ3n) is 1.87. The Kier molecular flexibility index (Phi) is 2.65. The van der Waals surface area contributed by atoms with E-state index in [1.54, 1.807) is 6.92 Å². The van der Waals surface area contributed by atoms with Crippen LogP contribution in [0.3, 0.4) is 0 Å². The SMILES string of the molecule is CC1=C(C#N)C(/C=N\O)CC(=O)N1. The Bertz CT molecular complexity index is 325. The number of oxime groups is 1. The summed E-state index contributed by atoms with van der Waals surface area (Å²) in [5.74, 6) is -0.565. The Balaban J connectivity index is 3.01. The molecule has 0 saturated heterocycles. The van der Waals surface area contributed by atoms with Gasteiger partial charge in [0.25, 0.3) is 0 Å². The van der Waals surface area contributed by atoms with E-state index in [9.17, 15) is 4.79 Å². The Morgan fingerprint density at radius 1 is 1.85 bits per heavy atom. The van der Waals surface area contributed by atoms with Crippen molar-refractivity contribution in [1.82, 2.24) is 5.32 Å². The molecule has 0 aromatic carbocycles. The van der Waals surface area contributed by atoms with E-state index in [4.69, 9.17) is 10.5 Å². The molecule has 1 heterocycles.